The van der Waals surface area contributed by atoms with Crippen LogP contribution in [0.3, 0.4) is 0 Å². The minimum absolute atomic E-state index is 0.0171. The molecule has 0 radical (unpaired) electrons. The number of hydrogen-bond acceptors (Lipinski definition) is 6. The molecule has 0 saturated heterocycles. The Morgan fingerprint density at radius 3 is 2.56 bits per heavy atom. The van der Waals surface area contributed by atoms with Crippen molar-refractivity contribution in [3.63, 3.8) is 0 Å². The second kappa shape index (κ2) is 12.2. The Morgan fingerprint density at radius 2 is 1.78 bits per heavy atom. The first-order valence-electron chi connectivity index (χ1n) is 14.0. The van der Waals surface area contributed by atoms with E-state index in [9.17, 15) is 14.9 Å². The molecule has 0 unspecified atom stereocenters. The Hall–Kier alpha value is -3.83. The molecule has 1 aromatic heterocycles. The molecule has 0 amide bonds. The number of ether oxygens (including phenoxy) is 1. The number of nitro benzene ring substituents is 1. The molecule has 1 aliphatic heterocycles. The normalized spacial score (nSPS) is 15.6. The number of rotatable bonds is 6. The molecular formula is C34H22Br2ClN3O4S. The zero-order valence-electron chi connectivity index (χ0n) is 23.4. The Labute approximate surface area is 283 Å². The van der Waals surface area contributed by atoms with Crippen molar-refractivity contribution in [2.75, 3.05) is 0 Å². The number of benzene rings is 4. The van der Waals surface area contributed by atoms with Crippen LogP contribution < -0.4 is 19.6 Å². The van der Waals surface area contributed by atoms with Gasteiger partial charge in [0.05, 0.1) is 30.1 Å². The number of non-ortho nitro benzene ring substituents is 1. The van der Waals surface area contributed by atoms with Crippen LogP contribution in [-0.4, -0.2) is 9.49 Å². The molecule has 1 atom stereocenters. The first-order chi connectivity index (χ1) is 21.8. The summed E-state index contributed by atoms with van der Waals surface area (Å²) in [5.41, 5.74) is 6.17. The van der Waals surface area contributed by atoms with Crippen molar-refractivity contribution in [1.82, 2.24) is 4.57 Å². The first kappa shape index (κ1) is 29.9. The lowest BCUT2D eigenvalue weighted by atomic mass is 9.83. The molecule has 7 nitrogen and oxygen atoms in total. The number of fused-ring (bicyclic) bond motifs is 3. The second-order valence-corrected chi connectivity index (χ2v) is 13.8. The highest BCUT2D eigenvalue weighted by Crippen LogP contribution is 2.42. The van der Waals surface area contributed by atoms with Crippen molar-refractivity contribution < 1.29 is 9.66 Å². The molecule has 0 saturated carbocycles. The molecule has 1 aliphatic carbocycles. The van der Waals surface area contributed by atoms with Crippen LogP contribution in [0.4, 0.5) is 5.69 Å². The maximum Gasteiger partial charge on any atom is 0.271 e. The summed E-state index contributed by atoms with van der Waals surface area (Å²) in [5.74, 6) is 0.616. The van der Waals surface area contributed by atoms with Crippen LogP contribution >= 0.6 is 54.8 Å². The molecule has 45 heavy (non-hydrogen) atoms. The van der Waals surface area contributed by atoms with Gasteiger partial charge in [0.15, 0.2) is 4.80 Å². The fraction of sp³-hybridized carbons (Fsp3) is 0.118. The average molecular weight is 764 g/mol. The van der Waals surface area contributed by atoms with Crippen LogP contribution in [0.2, 0.25) is 5.02 Å². The van der Waals surface area contributed by atoms with E-state index in [-0.39, 0.29) is 11.2 Å². The van der Waals surface area contributed by atoms with Crippen molar-refractivity contribution in [2.24, 2.45) is 4.99 Å². The van der Waals surface area contributed by atoms with Crippen LogP contribution in [0.1, 0.15) is 40.3 Å². The maximum absolute atomic E-state index is 14.1. The topological polar surface area (TPSA) is 86.7 Å². The van der Waals surface area contributed by atoms with Gasteiger partial charge < -0.3 is 4.74 Å². The number of hydrogen-bond donors (Lipinski definition) is 0. The molecule has 2 heterocycles. The Bertz CT molecular complexity index is 2220. The number of nitro groups is 1. The highest BCUT2D eigenvalue weighted by Gasteiger charge is 2.33. The molecule has 4 aromatic carbocycles. The lowest BCUT2D eigenvalue weighted by Gasteiger charge is -2.30. The number of nitrogens with zero attached hydrogens (tertiary/aromatic N) is 3. The number of thiazole rings is 1. The molecule has 0 spiro atoms. The molecule has 224 valence electrons. The van der Waals surface area contributed by atoms with Gasteiger partial charge in [-0.2, -0.15) is 0 Å². The average Bonchev–Trinajstić information content (AvgIpc) is 3.34. The van der Waals surface area contributed by atoms with Crippen LogP contribution in [0.25, 0.3) is 11.8 Å². The number of aryl methyl sites for hydroxylation is 1. The van der Waals surface area contributed by atoms with Crippen molar-refractivity contribution in [2.45, 2.75) is 25.5 Å². The SMILES string of the molecule is O=c1/c(=C\c2cc(Br)c(OCc3ccccc3Cl)c(Br)c2)sc2n1[C@@H](c1cccc([N+](=O)[O-])c1)C1=C(N=2)c2ccccc2CC1. The number of aromatic nitrogens is 1. The molecule has 0 fully saturated rings. The molecular weight excluding hydrogens is 742 g/mol. The summed E-state index contributed by atoms with van der Waals surface area (Å²) in [6, 6.07) is 25.5. The lowest BCUT2D eigenvalue weighted by molar-refractivity contribution is -0.384. The van der Waals surface area contributed by atoms with E-state index in [1.807, 2.05) is 60.7 Å². The van der Waals surface area contributed by atoms with Crippen LogP contribution in [-0.2, 0) is 13.0 Å². The van der Waals surface area contributed by atoms with E-state index in [2.05, 4.69) is 44.0 Å². The quantitative estimate of drug-likeness (QED) is 0.130. The fourth-order valence-electron chi connectivity index (χ4n) is 5.85. The Kier molecular flexibility index (Phi) is 8.07. The predicted molar refractivity (Wildman–Crippen MR) is 183 cm³/mol. The Balaban J connectivity index is 1.33. The van der Waals surface area contributed by atoms with Gasteiger partial charge in [-0.15, -0.1) is 0 Å². The first-order valence-corrected chi connectivity index (χ1v) is 16.8. The largest absolute Gasteiger partial charge is 0.486 e. The number of allylic oxidation sites excluding steroid dienone is 1. The summed E-state index contributed by atoms with van der Waals surface area (Å²) < 4.78 is 9.69. The van der Waals surface area contributed by atoms with E-state index in [1.54, 1.807) is 16.7 Å². The van der Waals surface area contributed by atoms with Crippen LogP contribution in [0.5, 0.6) is 5.75 Å². The monoisotopic (exact) mass is 761 g/mol. The third-order valence-electron chi connectivity index (χ3n) is 7.92. The highest BCUT2D eigenvalue weighted by atomic mass is 79.9. The summed E-state index contributed by atoms with van der Waals surface area (Å²) in [6.45, 7) is 0.292. The highest BCUT2D eigenvalue weighted by molar-refractivity contribution is 9.11. The summed E-state index contributed by atoms with van der Waals surface area (Å²) in [4.78, 5) is 31.0. The molecule has 5 aromatic rings. The van der Waals surface area contributed by atoms with E-state index in [0.717, 1.165) is 34.4 Å². The smallest absolute Gasteiger partial charge is 0.271 e. The lowest BCUT2D eigenvalue weighted by Crippen LogP contribution is -2.38. The van der Waals surface area contributed by atoms with Gasteiger partial charge in [0.25, 0.3) is 11.2 Å². The van der Waals surface area contributed by atoms with Crippen LogP contribution in [0, 0.1) is 10.1 Å². The van der Waals surface area contributed by atoms with Crippen molar-refractivity contribution in [3.05, 3.63) is 162 Å². The van der Waals surface area contributed by atoms with Gasteiger partial charge in [-0.3, -0.25) is 19.5 Å². The van der Waals surface area contributed by atoms with E-state index in [4.69, 9.17) is 21.3 Å². The molecule has 2 aliphatic rings. The van der Waals surface area contributed by atoms with Crippen molar-refractivity contribution in [1.29, 1.82) is 0 Å². The molecule has 0 N–H and O–H groups in total. The molecule has 7 rings (SSSR count). The van der Waals surface area contributed by atoms with Gasteiger partial charge in [0, 0.05) is 28.3 Å². The predicted octanol–water partition coefficient (Wildman–Crippen LogP) is 7.98. The maximum atomic E-state index is 14.1. The standard InChI is InChI=1S/C34H22Br2ClN3O4S/c35-26-14-19(15-27(36)32(26)44-18-22-7-2-4-11-28(22)37)16-29-33(41)39-31(21-8-5-9-23(17-21)40(42)43)25-13-12-20-6-1-3-10-24(20)30(25)38-34(39)45-29/h1-11,14-17,31H,12-13,18H2/b29-16+/t31-/m0/s1. The van der Waals surface area contributed by atoms with Gasteiger partial charge in [0.2, 0.25) is 0 Å². The van der Waals surface area contributed by atoms with Gasteiger partial charge in [-0.1, -0.05) is 77.5 Å². The summed E-state index contributed by atoms with van der Waals surface area (Å²) >= 11 is 14.9. The van der Waals surface area contributed by atoms with Crippen LogP contribution in [0.15, 0.2) is 109 Å². The van der Waals surface area contributed by atoms with E-state index < -0.39 is 11.0 Å². The zero-order valence-corrected chi connectivity index (χ0v) is 28.1. The summed E-state index contributed by atoms with van der Waals surface area (Å²) in [5, 5.41) is 12.3. The summed E-state index contributed by atoms with van der Waals surface area (Å²) in [6.07, 6.45) is 3.33. The van der Waals surface area contributed by atoms with Gasteiger partial charge >= 0.3 is 0 Å². The molecule has 11 heteroatoms. The Morgan fingerprint density at radius 1 is 1.02 bits per heavy atom. The van der Waals surface area contributed by atoms with Crippen molar-refractivity contribution >= 4 is 72.3 Å². The summed E-state index contributed by atoms with van der Waals surface area (Å²) in [7, 11) is 0. The minimum Gasteiger partial charge on any atom is -0.486 e. The van der Waals surface area contributed by atoms with E-state index >= 15 is 0 Å². The number of halogens is 3. The van der Waals surface area contributed by atoms with Gasteiger partial charge in [0.1, 0.15) is 12.4 Å². The second-order valence-electron chi connectivity index (χ2n) is 10.7. The van der Waals surface area contributed by atoms with Gasteiger partial charge in [-0.25, -0.2) is 4.99 Å². The third kappa shape index (κ3) is 5.61. The van der Waals surface area contributed by atoms with E-state index in [1.165, 1.54) is 23.0 Å². The van der Waals surface area contributed by atoms with Gasteiger partial charge in [-0.05, 0) is 91.2 Å². The fourth-order valence-corrected chi connectivity index (χ4v) is 8.49. The van der Waals surface area contributed by atoms with E-state index in [0.29, 0.717) is 47.6 Å². The zero-order chi connectivity index (χ0) is 31.2. The molecule has 0 bridgehead atoms. The minimum atomic E-state index is -0.509. The third-order valence-corrected chi connectivity index (χ3v) is 10.4. The van der Waals surface area contributed by atoms with Crippen molar-refractivity contribution in [3.8, 4) is 5.75 Å².